The first-order chi connectivity index (χ1) is 14.5. The quantitative estimate of drug-likeness (QED) is 0.599. The van der Waals surface area contributed by atoms with E-state index in [1.807, 2.05) is 30.3 Å². The molecule has 0 bridgehead atoms. The molecule has 2 aromatic carbocycles. The van der Waals surface area contributed by atoms with E-state index in [1.54, 1.807) is 31.2 Å². The number of aliphatic carboxylic acids is 1. The molecule has 30 heavy (non-hydrogen) atoms. The van der Waals surface area contributed by atoms with Crippen molar-refractivity contribution in [3.8, 4) is 17.2 Å². The topological polar surface area (TPSA) is 115 Å². The van der Waals surface area contributed by atoms with Gasteiger partial charge in [-0.15, -0.1) is 0 Å². The van der Waals surface area contributed by atoms with Gasteiger partial charge in [0.1, 0.15) is 12.3 Å². The van der Waals surface area contributed by atoms with Gasteiger partial charge in [0.05, 0.1) is 13.2 Å². The minimum absolute atomic E-state index is 0.124. The maximum absolute atomic E-state index is 11.9. The van der Waals surface area contributed by atoms with E-state index < -0.39 is 24.6 Å². The highest BCUT2D eigenvalue weighted by Crippen LogP contribution is 2.24. The fourth-order valence-corrected chi connectivity index (χ4v) is 2.80. The van der Waals surface area contributed by atoms with Gasteiger partial charge in [0.25, 0.3) is 5.89 Å². The summed E-state index contributed by atoms with van der Waals surface area (Å²) in [5.74, 6) is 0.270. The summed E-state index contributed by atoms with van der Waals surface area (Å²) in [5.41, 5.74) is 1.56. The molecule has 1 atom stereocenters. The molecule has 0 saturated carbocycles. The zero-order valence-electron chi connectivity index (χ0n) is 16.5. The standard InChI is InChI=1S/C21H21N3O6/c1-14(24(12-19(25)26)21(27)28-2)15-8-10-17(11-9-15)29-13-18-22-20(30-23-18)16-6-4-3-5-7-16/h3-11,14H,12-13H2,1-2H3,(H,25,26)/t14-/m0/s1. The van der Waals surface area contributed by atoms with E-state index in [4.69, 9.17) is 14.4 Å². The predicted molar refractivity (Wildman–Crippen MR) is 106 cm³/mol. The Balaban J connectivity index is 1.62. The Hall–Kier alpha value is -3.88. The molecule has 3 aromatic rings. The second-order valence-electron chi connectivity index (χ2n) is 6.41. The summed E-state index contributed by atoms with van der Waals surface area (Å²) in [6.45, 7) is 1.38. The Morgan fingerprint density at radius 1 is 1.13 bits per heavy atom. The van der Waals surface area contributed by atoms with Crippen LogP contribution in [0.25, 0.3) is 11.5 Å². The Morgan fingerprint density at radius 3 is 2.47 bits per heavy atom. The molecule has 1 aromatic heterocycles. The summed E-state index contributed by atoms with van der Waals surface area (Å²) in [6, 6.07) is 15.9. The molecule has 3 rings (SSSR count). The Labute approximate surface area is 172 Å². The number of methoxy groups -OCH3 is 1. The molecule has 1 N–H and O–H groups in total. The molecule has 0 radical (unpaired) electrons. The zero-order valence-corrected chi connectivity index (χ0v) is 16.5. The van der Waals surface area contributed by atoms with E-state index in [0.717, 1.165) is 16.0 Å². The smallest absolute Gasteiger partial charge is 0.410 e. The first-order valence-corrected chi connectivity index (χ1v) is 9.15. The van der Waals surface area contributed by atoms with Gasteiger partial charge in [-0.2, -0.15) is 4.98 Å². The summed E-state index contributed by atoms with van der Waals surface area (Å²) in [5, 5.41) is 12.9. The number of carbonyl (C=O) groups excluding carboxylic acids is 1. The molecule has 0 saturated heterocycles. The zero-order chi connectivity index (χ0) is 21.5. The van der Waals surface area contributed by atoms with E-state index in [2.05, 4.69) is 14.9 Å². The molecule has 0 spiro atoms. The third-order valence-corrected chi connectivity index (χ3v) is 4.40. The normalized spacial score (nSPS) is 11.5. The maximum Gasteiger partial charge on any atom is 0.410 e. The van der Waals surface area contributed by atoms with Crippen molar-refractivity contribution in [3.63, 3.8) is 0 Å². The monoisotopic (exact) mass is 411 g/mol. The van der Waals surface area contributed by atoms with Crippen molar-refractivity contribution in [2.45, 2.75) is 19.6 Å². The number of hydrogen-bond acceptors (Lipinski definition) is 7. The highest BCUT2D eigenvalue weighted by molar-refractivity contribution is 5.77. The van der Waals surface area contributed by atoms with Gasteiger partial charge in [0.2, 0.25) is 5.82 Å². The van der Waals surface area contributed by atoms with Crippen LogP contribution in [0.1, 0.15) is 24.4 Å². The molecule has 0 fully saturated rings. The van der Waals surface area contributed by atoms with Crippen molar-refractivity contribution in [2.24, 2.45) is 0 Å². The Kier molecular flexibility index (Phi) is 6.63. The van der Waals surface area contributed by atoms with Gasteiger partial charge < -0.3 is 19.1 Å². The SMILES string of the molecule is COC(=O)N(CC(=O)O)[C@@H](C)c1ccc(OCc2noc(-c3ccccc3)n2)cc1. The van der Waals surface area contributed by atoms with Gasteiger partial charge >= 0.3 is 12.1 Å². The van der Waals surface area contributed by atoms with Crippen LogP contribution in [-0.2, 0) is 16.1 Å². The molecule has 0 unspecified atom stereocenters. The summed E-state index contributed by atoms with van der Waals surface area (Å²) in [6.07, 6.45) is -0.712. The molecular formula is C21H21N3O6. The van der Waals surface area contributed by atoms with Crippen LogP contribution in [-0.4, -0.2) is 45.9 Å². The second kappa shape index (κ2) is 9.55. The molecule has 0 aliphatic heterocycles. The van der Waals surface area contributed by atoms with Crippen LogP contribution in [0.5, 0.6) is 5.75 Å². The number of nitrogens with zero attached hydrogens (tertiary/aromatic N) is 3. The minimum Gasteiger partial charge on any atom is -0.485 e. The molecule has 1 amide bonds. The van der Waals surface area contributed by atoms with Gasteiger partial charge in [-0.05, 0) is 36.8 Å². The van der Waals surface area contributed by atoms with Crippen molar-refractivity contribution in [3.05, 3.63) is 66.0 Å². The van der Waals surface area contributed by atoms with Crippen LogP contribution in [0, 0.1) is 0 Å². The Bertz CT molecular complexity index is 987. The van der Waals surface area contributed by atoms with E-state index in [1.165, 1.54) is 7.11 Å². The lowest BCUT2D eigenvalue weighted by atomic mass is 10.1. The average molecular weight is 411 g/mol. The van der Waals surface area contributed by atoms with Crippen molar-refractivity contribution in [2.75, 3.05) is 13.7 Å². The highest BCUT2D eigenvalue weighted by atomic mass is 16.5. The molecule has 0 aliphatic carbocycles. The Morgan fingerprint density at radius 2 is 1.83 bits per heavy atom. The first-order valence-electron chi connectivity index (χ1n) is 9.15. The molecule has 9 heteroatoms. The number of carboxylic acid groups (broad SMARTS) is 1. The fourth-order valence-electron chi connectivity index (χ4n) is 2.80. The van der Waals surface area contributed by atoms with E-state index in [9.17, 15) is 9.59 Å². The molecule has 1 heterocycles. The molecule has 9 nitrogen and oxygen atoms in total. The lowest BCUT2D eigenvalue weighted by Crippen LogP contribution is -2.37. The maximum atomic E-state index is 11.9. The van der Waals surface area contributed by atoms with E-state index in [-0.39, 0.29) is 6.61 Å². The lowest BCUT2D eigenvalue weighted by molar-refractivity contribution is -0.138. The number of rotatable bonds is 8. The van der Waals surface area contributed by atoms with Crippen molar-refractivity contribution in [1.82, 2.24) is 15.0 Å². The number of aromatic nitrogens is 2. The lowest BCUT2D eigenvalue weighted by Gasteiger charge is -2.26. The van der Waals surface area contributed by atoms with Crippen LogP contribution >= 0.6 is 0 Å². The van der Waals surface area contributed by atoms with Gasteiger partial charge in [-0.1, -0.05) is 35.5 Å². The molecule has 156 valence electrons. The van der Waals surface area contributed by atoms with Crippen molar-refractivity contribution in [1.29, 1.82) is 0 Å². The van der Waals surface area contributed by atoms with Crippen molar-refractivity contribution < 1.29 is 28.7 Å². The van der Waals surface area contributed by atoms with Crippen LogP contribution in [0.3, 0.4) is 0 Å². The van der Waals surface area contributed by atoms with Crippen LogP contribution in [0.4, 0.5) is 4.79 Å². The molecule has 0 aliphatic rings. The minimum atomic E-state index is -1.12. The third-order valence-electron chi connectivity index (χ3n) is 4.40. The molecular weight excluding hydrogens is 390 g/mol. The second-order valence-corrected chi connectivity index (χ2v) is 6.41. The van der Waals surface area contributed by atoms with Crippen LogP contribution in [0.2, 0.25) is 0 Å². The number of benzene rings is 2. The van der Waals surface area contributed by atoms with Gasteiger partial charge in [-0.25, -0.2) is 4.79 Å². The van der Waals surface area contributed by atoms with Crippen molar-refractivity contribution >= 4 is 12.1 Å². The number of ether oxygens (including phenoxy) is 2. The van der Waals surface area contributed by atoms with Crippen LogP contribution < -0.4 is 4.74 Å². The summed E-state index contributed by atoms with van der Waals surface area (Å²) in [4.78, 5) is 28.4. The summed E-state index contributed by atoms with van der Waals surface area (Å²) >= 11 is 0. The average Bonchev–Trinajstić information content (AvgIpc) is 3.25. The van der Waals surface area contributed by atoms with Crippen LogP contribution in [0.15, 0.2) is 59.1 Å². The highest BCUT2D eigenvalue weighted by Gasteiger charge is 2.24. The first kappa shape index (κ1) is 20.8. The predicted octanol–water partition coefficient (Wildman–Crippen LogP) is 3.53. The number of carboxylic acids is 1. The number of hydrogen-bond donors (Lipinski definition) is 1. The van der Waals surface area contributed by atoms with E-state index in [0.29, 0.717) is 17.5 Å². The number of amides is 1. The fraction of sp³-hybridized carbons (Fsp3) is 0.238. The summed E-state index contributed by atoms with van der Waals surface area (Å²) < 4.78 is 15.6. The number of carbonyl (C=O) groups is 2. The van der Waals surface area contributed by atoms with Gasteiger partial charge in [-0.3, -0.25) is 9.69 Å². The summed E-state index contributed by atoms with van der Waals surface area (Å²) in [7, 11) is 1.21. The third kappa shape index (κ3) is 5.13. The van der Waals surface area contributed by atoms with Gasteiger partial charge in [0.15, 0.2) is 6.61 Å². The van der Waals surface area contributed by atoms with Gasteiger partial charge in [0, 0.05) is 5.56 Å². The van der Waals surface area contributed by atoms with E-state index >= 15 is 0 Å². The largest absolute Gasteiger partial charge is 0.485 e.